The first-order valence-corrected chi connectivity index (χ1v) is 7.36. The van der Waals surface area contributed by atoms with Crippen LogP contribution < -0.4 is 5.32 Å². The van der Waals surface area contributed by atoms with Gasteiger partial charge in [0.25, 0.3) is 0 Å². The quantitative estimate of drug-likeness (QED) is 0.805. The molecule has 1 N–H and O–H groups in total. The molecule has 9 heteroatoms. The highest BCUT2D eigenvalue weighted by Gasteiger charge is 2.39. The van der Waals surface area contributed by atoms with E-state index in [9.17, 15) is 22.4 Å². The van der Waals surface area contributed by atoms with Crippen LogP contribution in [0, 0.1) is 5.82 Å². The first kappa shape index (κ1) is 14.9. The van der Waals surface area contributed by atoms with E-state index in [0.717, 1.165) is 22.5 Å². The van der Waals surface area contributed by atoms with Crippen molar-refractivity contribution in [2.75, 3.05) is 6.54 Å². The van der Waals surface area contributed by atoms with Crippen molar-refractivity contribution in [1.82, 2.24) is 9.62 Å². The highest BCUT2D eigenvalue weighted by Crippen LogP contribution is 2.27. The van der Waals surface area contributed by atoms with Crippen LogP contribution in [0.1, 0.15) is 6.92 Å². The van der Waals surface area contributed by atoms with Crippen molar-refractivity contribution in [3.63, 3.8) is 0 Å². The highest BCUT2D eigenvalue weighted by molar-refractivity contribution is 7.89. The zero-order chi connectivity index (χ0) is 15.1. The Kier molecular flexibility index (Phi) is 3.81. The number of hydrogen-bond acceptors (Lipinski definition) is 4. The topological polar surface area (TPSA) is 83.6 Å². The summed E-state index contributed by atoms with van der Waals surface area (Å²) in [6.45, 7) is 0.847. The fourth-order valence-corrected chi connectivity index (χ4v) is 3.85. The maximum atomic E-state index is 13.0. The van der Waals surface area contributed by atoms with Crippen LogP contribution in [0.2, 0.25) is 5.02 Å². The summed E-state index contributed by atoms with van der Waals surface area (Å²) in [5.74, 6) is -2.13. The average molecular weight is 321 g/mol. The van der Waals surface area contributed by atoms with Gasteiger partial charge < -0.3 is 0 Å². The van der Waals surface area contributed by atoms with Gasteiger partial charge in [-0.1, -0.05) is 11.6 Å². The van der Waals surface area contributed by atoms with Crippen LogP contribution in [-0.4, -0.2) is 37.1 Å². The first-order chi connectivity index (χ1) is 9.23. The van der Waals surface area contributed by atoms with Crippen LogP contribution in [0.3, 0.4) is 0 Å². The molecule has 1 aliphatic heterocycles. The summed E-state index contributed by atoms with van der Waals surface area (Å²) >= 11 is 5.72. The summed E-state index contributed by atoms with van der Waals surface area (Å²) in [5.41, 5.74) is 0. The van der Waals surface area contributed by atoms with Crippen LogP contribution in [-0.2, 0) is 19.6 Å². The van der Waals surface area contributed by atoms with Crippen molar-refractivity contribution in [3.8, 4) is 0 Å². The molecule has 1 unspecified atom stereocenters. The molecule has 0 aliphatic carbocycles. The zero-order valence-electron chi connectivity index (χ0n) is 10.3. The average Bonchev–Trinajstić information content (AvgIpc) is 2.33. The summed E-state index contributed by atoms with van der Waals surface area (Å²) in [6.07, 6.45) is 0. The fraction of sp³-hybridized carbons (Fsp3) is 0.273. The van der Waals surface area contributed by atoms with Gasteiger partial charge in [-0.15, -0.1) is 0 Å². The lowest BCUT2D eigenvalue weighted by atomic mass is 10.2. The minimum atomic E-state index is -4.17. The zero-order valence-corrected chi connectivity index (χ0v) is 11.8. The number of halogens is 2. The number of nitrogens with zero attached hydrogens (tertiary/aromatic N) is 1. The summed E-state index contributed by atoms with van der Waals surface area (Å²) in [4.78, 5) is 22.5. The molecule has 0 aromatic heterocycles. The van der Waals surface area contributed by atoms with Gasteiger partial charge >= 0.3 is 0 Å². The van der Waals surface area contributed by atoms with Crippen LogP contribution >= 0.6 is 11.6 Å². The third-order valence-corrected chi connectivity index (χ3v) is 5.25. The SMILES string of the molecule is CC1C(=O)NC(=O)CN1S(=O)(=O)c1ccc(F)cc1Cl. The van der Waals surface area contributed by atoms with E-state index in [2.05, 4.69) is 0 Å². The van der Waals surface area contributed by atoms with Gasteiger partial charge in [-0.25, -0.2) is 12.8 Å². The molecule has 1 aliphatic rings. The molecule has 20 heavy (non-hydrogen) atoms. The van der Waals surface area contributed by atoms with Crippen LogP contribution in [0.15, 0.2) is 23.1 Å². The van der Waals surface area contributed by atoms with E-state index in [-0.39, 0.29) is 9.92 Å². The van der Waals surface area contributed by atoms with E-state index >= 15 is 0 Å². The Hall–Kier alpha value is -1.51. The van der Waals surface area contributed by atoms with Crippen molar-refractivity contribution < 1.29 is 22.4 Å². The second kappa shape index (κ2) is 5.12. The Labute approximate surface area is 119 Å². The second-order valence-corrected chi connectivity index (χ2v) is 6.48. The van der Waals surface area contributed by atoms with Crippen LogP contribution in [0.25, 0.3) is 0 Å². The number of hydrogen-bond donors (Lipinski definition) is 1. The van der Waals surface area contributed by atoms with Gasteiger partial charge in [0.1, 0.15) is 16.8 Å². The molecular weight excluding hydrogens is 311 g/mol. The largest absolute Gasteiger partial charge is 0.294 e. The van der Waals surface area contributed by atoms with E-state index in [1.165, 1.54) is 6.92 Å². The molecule has 1 aromatic carbocycles. The van der Waals surface area contributed by atoms with Gasteiger partial charge in [-0.05, 0) is 25.1 Å². The molecule has 0 spiro atoms. The maximum absolute atomic E-state index is 13.0. The maximum Gasteiger partial charge on any atom is 0.245 e. The van der Waals surface area contributed by atoms with Crippen molar-refractivity contribution in [1.29, 1.82) is 0 Å². The fourth-order valence-electron chi connectivity index (χ4n) is 1.79. The monoisotopic (exact) mass is 320 g/mol. The standard InChI is InChI=1S/C11H10ClFN2O4S/c1-6-11(17)14-10(16)5-15(6)20(18,19)9-3-2-7(13)4-8(9)12/h2-4,6H,5H2,1H3,(H,14,16,17). The number of carbonyl (C=O) groups excluding carboxylic acids is 2. The van der Waals surface area contributed by atoms with Crippen molar-refractivity contribution in [3.05, 3.63) is 29.0 Å². The third kappa shape index (κ3) is 2.54. The number of rotatable bonds is 2. The van der Waals surface area contributed by atoms with E-state index in [4.69, 9.17) is 11.6 Å². The number of sulfonamides is 1. The lowest BCUT2D eigenvalue weighted by Gasteiger charge is -2.30. The van der Waals surface area contributed by atoms with E-state index in [0.29, 0.717) is 0 Å². The number of benzene rings is 1. The smallest absolute Gasteiger partial charge is 0.245 e. The molecule has 1 saturated heterocycles. The summed E-state index contributed by atoms with van der Waals surface area (Å²) in [6, 6.07) is 1.73. The Bertz CT molecular complexity index is 692. The number of imide groups is 1. The van der Waals surface area contributed by atoms with E-state index < -0.39 is 40.2 Å². The van der Waals surface area contributed by atoms with Gasteiger partial charge in [0.2, 0.25) is 21.8 Å². The highest BCUT2D eigenvalue weighted by atomic mass is 35.5. The predicted octanol–water partition coefficient (Wildman–Crippen LogP) is 0.515. The molecule has 108 valence electrons. The Balaban J connectivity index is 2.48. The van der Waals surface area contributed by atoms with E-state index in [1.807, 2.05) is 5.32 Å². The summed E-state index contributed by atoms with van der Waals surface area (Å²) in [7, 11) is -4.17. The minimum absolute atomic E-state index is 0.310. The summed E-state index contributed by atoms with van der Waals surface area (Å²) in [5, 5.41) is 1.72. The molecule has 2 rings (SSSR count). The molecule has 0 bridgehead atoms. The molecule has 0 radical (unpaired) electrons. The van der Waals surface area contributed by atoms with Crippen molar-refractivity contribution in [2.45, 2.75) is 17.9 Å². The molecule has 1 fully saturated rings. The molecule has 2 amide bonds. The van der Waals surface area contributed by atoms with Crippen molar-refractivity contribution >= 4 is 33.4 Å². The Morgan fingerprint density at radius 2 is 2.05 bits per heavy atom. The molecule has 1 atom stereocenters. The minimum Gasteiger partial charge on any atom is -0.294 e. The molecule has 0 saturated carbocycles. The van der Waals surface area contributed by atoms with Gasteiger partial charge in [-0.2, -0.15) is 4.31 Å². The van der Waals surface area contributed by atoms with Crippen molar-refractivity contribution in [2.24, 2.45) is 0 Å². The lowest BCUT2D eigenvalue weighted by molar-refractivity contribution is -0.136. The Morgan fingerprint density at radius 3 is 2.65 bits per heavy atom. The first-order valence-electron chi connectivity index (χ1n) is 5.54. The lowest BCUT2D eigenvalue weighted by Crippen LogP contribution is -2.58. The Morgan fingerprint density at radius 1 is 1.40 bits per heavy atom. The molecule has 1 aromatic rings. The van der Waals surface area contributed by atoms with Gasteiger partial charge in [-0.3, -0.25) is 14.9 Å². The van der Waals surface area contributed by atoms with Crippen LogP contribution in [0.4, 0.5) is 4.39 Å². The number of piperazine rings is 1. The third-order valence-electron chi connectivity index (χ3n) is 2.85. The second-order valence-electron chi connectivity index (χ2n) is 4.21. The molecular formula is C11H10ClFN2O4S. The van der Waals surface area contributed by atoms with Gasteiger partial charge in [0.15, 0.2) is 0 Å². The number of carbonyl (C=O) groups is 2. The van der Waals surface area contributed by atoms with Gasteiger partial charge in [0.05, 0.1) is 11.6 Å². The normalized spacial score (nSPS) is 20.9. The number of amides is 2. The molecule has 6 nitrogen and oxygen atoms in total. The molecule has 1 heterocycles. The van der Waals surface area contributed by atoms with Crippen LogP contribution in [0.5, 0.6) is 0 Å². The summed E-state index contributed by atoms with van der Waals surface area (Å²) < 4.78 is 38.5. The van der Waals surface area contributed by atoms with Gasteiger partial charge in [0, 0.05) is 0 Å². The predicted molar refractivity (Wildman–Crippen MR) is 67.9 cm³/mol. The number of nitrogens with one attached hydrogen (secondary N) is 1. The van der Waals surface area contributed by atoms with E-state index in [1.54, 1.807) is 0 Å².